The number of hydrogen-bond donors (Lipinski definition) is 0. The molecule has 4 rings (SSSR count). The Bertz CT molecular complexity index is 890. The van der Waals surface area contributed by atoms with Crippen LogP contribution in [0.5, 0.6) is 0 Å². The van der Waals surface area contributed by atoms with Crippen LogP contribution in [0.2, 0.25) is 0 Å². The third kappa shape index (κ3) is 5.45. The summed E-state index contributed by atoms with van der Waals surface area (Å²) in [5, 5.41) is 4.61. The van der Waals surface area contributed by atoms with Gasteiger partial charge in [0.1, 0.15) is 11.6 Å². The molecule has 0 saturated carbocycles. The van der Waals surface area contributed by atoms with E-state index in [2.05, 4.69) is 10.0 Å². The first-order valence-corrected chi connectivity index (χ1v) is 11.3. The number of halogens is 3. The number of nitrogens with zero attached hydrogens (tertiary/aromatic N) is 2. The molecule has 2 aliphatic rings. The zero-order valence-corrected chi connectivity index (χ0v) is 19.3. The topological polar surface area (TPSA) is 23.6 Å². The lowest BCUT2D eigenvalue weighted by Crippen LogP contribution is -2.50. The molecule has 0 radical (unpaired) electrons. The summed E-state index contributed by atoms with van der Waals surface area (Å²) in [4.78, 5) is 13.0. The number of rotatable bonds is 6. The summed E-state index contributed by atoms with van der Waals surface area (Å²) in [5.74, 6) is -0.297. The monoisotopic (exact) mass is 460 g/mol. The van der Waals surface area contributed by atoms with Crippen molar-refractivity contribution < 1.29 is 13.6 Å². The number of Topliss-reactive ketones (excluding diaryl/α,β-unsaturated/α-hetero) is 1. The van der Waals surface area contributed by atoms with Crippen LogP contribution in [0.3, 0.4) is 0 Å². The van der Waals surface area contributed by atoms with Crippen LogP contribution in [0, 0.1) is 11.6 Å². The van der Waals surface area contributed by atoms with E-state index < -0.39 is 0 Å². The van der Waals surface area contributed by atoms with Crippen molar-refractivity contribution in [3.05, 3.63) is 76.9 Å². The maximum Gasteiger partial charge on any atom is 0.151 e. The largest absolute Gasteiger partial charge is 0.298 e. The van der Waals surface area contributed by atoms with Gasteiger partial charge in [0.2, 0.25) is 0 Å². The maximum absolute atomic E-state index is 13.6. The highest BCUT2D eigenvalue weighted by molar-refractivity contribution is 5.88. The molecular formula is C26H31ClF2N2O. The Balaban J connectivity index is 0.00000289. The highest BCUT2D eigenvalue weighted by Gasteiger charge is 2.38. The molecule has 0 spiro atoms. The standard InChI is InChI=1S/C26H30F2N2O.ClH/c1-2-6-25(31)24-17-21(18-30(24)29-15-4-3-5-16-29)26(19-7-11-22(27)12-8-19)20-9-13-23(28)14-10-20;/h7-14,24H,2-6,15-18H2,1H3;1H. The van der Waals surface area contributed by atoms with Crippen LogP contribution in [0.25, 0.3) is 5.57 Å². The average Bonchev–Trinajstić information content (AvgIpc) is 3.22. The zero-order chi connectivity index (χ0) is 21.8. The molecular weight excluding hydrogens is 430 g/mol. The molecule has 0 bridgehead atoms. The number of hydrogen-bond acceptors (Lipinski definition) is 3. The van der Waals surface area contributed by atoms with Crippen molar-refractivity contribution >= 4 is 23.8 Å². The normalized spacial score (nSPS) is 19.6. The first kappa shape index (κ1) is 24.6. The molecule has 2 saturated heterocycles. The van der Waals surface area contributed by atoms with E-state index >= 15 is 0 Å². The Kier molecular flexibility index (Phi) is 8.57. The second-order valence-corrected chi connectivity index (χ2v) is 8.54. The lowest BCUT2D eigenvalue weighted by molar-refractivity contribution is -0.132. The van der Waals surface area contributed by atoms with Gasteiger partial charge in [-0.2, -0.15) is 0 Å². The van der Waals surface area contributed by atoms with Crippen LogP contribution in [-0.2, 0) is 4.79 Å². The van der Waals surface area contributed by atoms with Crippen LogP contribution < -0.4 is 0 Å². The fraction of sp³-hybridized carbons (Fsp3) is 0.423. The van der Waals surface area contributed by atoms with E-state index in [4.69, 9.17) is 0 Å². The van der Waals surface area contributed by atoms with Crippen LogP contribution >= 0.6 is 12.4 Å². The van der Waals surface area contributed by atoms with Crippen LogP contribution in [-0.4, -0.2) is 41.5 Å². The van der Waals surface area contributed by atoms with Crippen molar-refractivity contribution in [1.82, 2.24) is 10.0 Å². The second kappa shape index (κ2) is 11.2. The smallest absolute Gasteiger partial charge is 0.151 e. The van der Waals surface area contributed by atoms with Gasteiger partial charge in [0.15, 0.2) is 5.78 Å². The molecule has 0 aromatic heterocycles. The van der Waals surface area contributed by atoms with Gasteiger partial charge in [0, 0.05) is 26.1 Å². The van der Waals surface area contributed by atoms with Crippen molar-refractivity contribution in [3.63, 3.8) is 0 Å². The minimum Gasteiger partial charge on any atom is -0.298 e. The van der Waals surface area contributed by atoms with Crippen LogP contribution in [0.15, 0.2) is 54.1 Å². The van der Waals surface area contributed by atoms with Crippen LogP contribution in [0.1, 0.15) is 56.6 Å². The fourth-order valence-corrected chi connectivity index (χ4v) is 4.82. The third-order valence-corrected chi connectivity index (χ3v) is 6.34. The molecule has 3 nitrogen and oxygen atoms in total. The number of carbonyl (C=O) groups is 1. The van der Waals surface area contributed by atoms with Gasteiger partial charge in [-0.3, -0.25) is 4.79 Å². The van der Waals surface area contributed by atoms with E-state index in [-0.39, 0.29) is 35.9 Å². The Morgan fingerprint density at radius 3 is 1.94 bits per heavy atom. The van der Waals surface area contributed by atoms with Gasteiger partial charge in [0.05, 0.1) is 6.04 Å². The molecule has 2 aromatic carbocycles. The second-order valence-electron chi connectivity index (χ2n) is 8.54. The number of hydrazine groups is 1. The molecule has 2 heterocycles. The molecule has 0 N–H and O–H groups in total. The number of carbonyl (C=O) groups excluding carboxylic acids is 1. The van der Waals surface area contributed by atoms with Gasteiger partial charge >= 0.3 is 0 Å². The van der Waals surface area contributed by atoms with Crippen molar-refractivity contribution in [2.45, 2.75) is 51.5 Å². The molecule has 0 amide bonds. The van der Waals surface area contributed by atoms with E-state index in [0.29, 0.717) is 19.4 Å². The first-order valence-electron chi connectivity index (χ1n) is 11.3. The van der Waals surface area contributed by atoms with Gasteiger partial charge < -0.3 is 0 Å². The third-order valence-electron chi connectivity index (χ3n) is 6.34. The molecule has 2 fully saturated rings. The molecule has 32 heavy (non-hydrogen) atoms. The van der Waals surface area contributed by atoms with Gasteiger partial charge in [-0.1, -0.05) is 37.6 Å². The predicted molar refractivity (Wildman–Crippen MR) is 127 cm³/mol. The summed E-state index contributed by atoms with van der Waals surface area (Å²) < 4.78 is 27.2. The number of benzene rings is 2. The average molecular weight is 461 g/mol. The Hall–Kier alpha value is -2.08. The summed E-state index contributed by atoms with van der Waals surface area (Å²) in [7, 11) is 0. The Morgan fingerprint density at radius 1 is 0.906 bits per heavy atom. The summed E-state index contributed by atoms with van der Waals surface area (Å²) in [6, 6.07) is 12.7. The van der Waals surface area contributed by atoms with E-state index in [0.717, 1.165) is 54.6 Å². The van der Waals surface area contributed by atoms with E-state index in [1.54, 1.807) is 24.3 Å². The molecule has 1 unspecified atom stereocenters. The Labute approximate surface area is 195 Å². The van der Waals surface area contributed by atoms with Gasteiger partial charge in [-0.15, -0.1) is 12.4 Å². The van der Waals surface area contributed by atoms with E-state index in [1.807, 2.05) is 6.92 Å². The number of piperidine rings is 1. The minimum absolute atomic E-state index is 0. The lowest BCUT2D eigenvalue weighted by atomic mass is 9.91. The molecule has 172 valence electrons. The van der Waals surface area contributed by atoms with Crippen LogP contribution in [0.4, 0.5) is 8.78 Å². The maximum atomic E-state index is 13.6. The summed E-state index contributed by atoms with van der Waals surface area (Å²) >= 11 is 0. The highest BCUT2D eigenvalue weighted by atomic mass is 35.5. The van der Waals surface area contributed by atoms with Gasteiger partial charge in [0.25, 0.3) is 0 Å². The molecule has 2 aliphatic heterocycles. The van der Waals surface area contributed by atoms with Gasteiger partial charge in [-0.05, 0) is 72.2 Å². The van der Waals surface area contributed by atoms with E-state index in [9.17, 15) is 13.6 Å². The van der Waals surface area contributed by atoms with Gasteiger partial charge in [-0.25, -0.2) is 18.8 Å². The molecule has 1 atom stereocenters. The van der Waals surface area contributed by atoms with E-state index in [1.165, 1.54) is 30.7 Å². The molecule has 2 aromatic rings. The summed E-state index contributed by atoms with van der Waals surface area (Å²) in [5.41, 5.74) is 3.92. The molecule has 6 heteroatoms. The summed E-state index contributed by atoms with van der Waals surface area (Å²) in [6.07, 6.45) is 5.59. The minimum atomic E-state index is -0.287. The highest BCUT2D eigenvalue weighted by Crippen LogP contribution is 2.36. The Morgan fingerprint density at radius 2 is 1.44 bits per heavy atom. The van der Waals surface area contributed by atoms with Crippen molar-refractivity contribution in [3.8, 4) is 0 Å². The first-order chi connectivity index (χ1) is 15.1. The quantitative estimate of drug-likeness (QED) is 0.525. The predicted octanol–water partition coefficient (Wildman–Crippen LogP) is 6.03. The lowest BCUT2D eigenvalue weighted by Gasteiger charge is -2.37. The summed E-state index contributed by atoms with van der Waals surface area (Å²) in [6.45, 7) is 4.67. The van der Waals surface area contributed by atoms with Crippen molar-refractivity contribution in [2.24, 2.45) is 0 Å². The number of ketones is 1. The fourth-order valence-electron chi connectivity index (χ4n) is 4.82. The molecule has 0 aliphatic carbocycles. The van der Waals surface area contributed by atoms with Crippen molar-refractivity contribution in [1.29, 1.82) is 0 Å². The SMILES string of the molecule is CCCC(=O)C1CC(=C(c2ccc(F)cc2)c2ccc(F)cc2)CN1N1CCCCC1.Cl. The zero-order valence-electron chi connectivity index (χ0n) is 18.5. The van der Waals surface area contributed by atoms with Crippen molar-refractivity contribution in [2.75, 3.05) is 19.6 Å².